The van der Waals surface area contributed by atoms with Crippen molar-refractivity contribution in [1.82, 2.24) is 20.6 Å². The lowest BCUT2D eigenvalue weighted by Crippen LogP contribution is -2.36. The molecule has 1 heterocycles. The highest BCUT2D eigenvalue weighted by Gasteiger charge is 2.19. The maximum atomic E-state index is 9.55. The number of hydrogen-bond donors (Lipinski definition) is 2. The Morgan fingerprint density at radius 3 is 2.71 bits per heavy atom. The first-order valence-electron chi connectivity index (χ1n) is 3.99. The summed E-state index contributed by atoms with van der Waals surface area (Å²) in [6, 6.07) is 9.04. The van der Waals surface area contributed by atoms with Gasteiger partial charge in [-0.1, -0.05) is 35.4 Å². The molecular formula is C7H7BN4O2. The highest BCUT2D eigenvalue weighted by Crippen LogP contribution is 1.96. The van der Waals surface area contributed by atoms with Crippen LogP contribution < -0.4 is 10.1 Å². The molecule has 1 aromatic carbocycles. The number of benzene rings is 1. The zero-order valence-corrected chi connectivity index (χ0v) is 7.16. The van der Waals surface area contributed by atoms with Gasteiger partial charge in [0.2, 0.25) is 0 Å². The zero-order chi connectivity index (χ0) is 9.80. The topological polar surface area (TPSA) is 83.9 Å². The summed E-state index contributed by atoms with van der Waals surface area (Å²) in [7, 11) is -1.06. The van der Waals surface area contributed by atoms with E-state index in [1.54, 1.807) is 24.3 Å². The van der Waals surface area contributed by atoms with Crippen molar-refractivity contribution in [1.29, 1.82) is 0 Å². The van der Waals surface area contributed by atoms with Crippen LogP contribution in [0.2, 0.25) is 0 Å². The summed E-state index contributed by atoms with van der Waals surface area (Å²) in [6.45, 7) is 0. The van der Waals surface area contributed by atoms with Gasteiger partial charge in [0.05, 0.1) is 0 Å². The van der Waals surface area contributed by atoms with E-state index >= 15 is 0 Å². The molecule has 0 amide bonds. The lowest BCUT2D eigenvalue weighted by atomic mass is 9.80. The fourth-order valence-corrected chi connectivity index (χ4v) is 0.992. The largest absolute Gasteiger partial charge is 0.562 e. The van der Waals surface area contributed by atoms with Crippen LogP contribution in [0.3, 0.4) is 0 Å². The molecule has 0 aliphatic heterocycles. The second kappa shape index (κ2) is 3.88. The van der Waals surface area contributed by atoms with E-state index in [0.717, 1.165) is 0 Å². The number of nitrogens with one attached hydrogen (secondary N) is 1. The number of aromatic amines is 1. The van der Waals surface area contributed by atoms with Crippen molar-refractivity contribution in [3.63, 3.8) is 0 Å². The predicted molar refractivity (Wildman–Crippen MR) is 48.9 cm³/mol. The monoisotopic (exact) mass is 190 g/mol. The van der Waals surface area contributed by atoms with Crippen LogP contribution in [0.25, 0.3) is 0 Å². The van der Waals surface area contributed by atoms with Gasteiger partial charge in [-0.05, 0) is 15.9 Å². The zero-order valence-electron chi connectivity index (χ0n) is 7.16. The molecule has 2 aromatic rings. The van der Waals surface area contributed by atoms with Gasteiger partial charge in [0.25, 0.3) is 0 Å². The van der Waals surface area contributed by atoms with Gasteiger partial charge in [0, 0.05) is 0 Å². The van der Waals surface area contributed by atoms with E-state index in [-0.39, 0.29) is 6.01 Å². The standard InChI is InChI=1S/C7H7BN4O2/c13-8(6-4-2-1-3-5-6)14-7-9-11-12-10-7/h1-5,13H,(H,9,10,11,12). The maximum absolute atomic E-state index is 9.55. The van der Waals surface area contributed by atoms with Gasteiger partial charge in [-0.15, -0.1) is 0 Å². The normalized spacial score (nSPS) is 9.79. The third kappa shape index (κ3) is 1.88. The van der Waals surface area contributed by atoms with E-state index in [4.69, 9.17) is 4.65 Å². The van der Waals surface area contributed by atoms with Crippen molar-refractivity contribution in [2.45, 2.75) is 0 Å². The second-order valence-corrected chi connectivity index (χ2v) is 2.59. The fraction of sp³-hybridized carbons (Fsp3) is 0. The van der Waals surface area contributed by atoms with Crippen molar-refractivity contribution in [2.75, 3.05) is 0 Å². The highest BCUT2D eigenvalue weighted by atomic mass is 16.5. The molecule has 6 nitrogen and oxygen atoms in total. The Morgan fingerprint density at radius 1 is 1.29 bits per heavy atom. The van der Waals surface area contributed by atoms with Crippen molar-refractivity contribution in [2.24, 2.45) is 0 Å². The molecule has 0 atom stereocenters. The Kier molecular flexibility index (Phi) is 2.41. The third-order valence-electron chi connectivity index (χ3n) is 1.63. The molecule has 2 rings (SSSR count). The molecule has 0 unspecified atom stereocenters. The van der Waals surface area contributed by atoms with Crippen molar-refractivity contribution >= 4 is 12.6 Å². The maximum Gasteiger partial charge on any atom is 0.562 e. The summed E-state index contributed by atoms with van der Waals surface area (Å²) in [5.41, 5.74) is 0.643. The van der Waals surface area contributed by atoms with Gasteiger partial charge in [-0.3, -0.25) is 0 Å². The summed E-state index contributed by atoms with van der Waals surface area (Å²) >= 11 is 0. The molecule has 70 valence electrons. The molecule has 0 spiro atoms. The van der Waals surface area contributed by atoms with Crippen LogP contribution in [0.15, 0.2) is 30.3 Å². The predicted octanol–water partition coefficient (Wildman–Crippen LogP) is -1.03. The number of hydrogen-bond acceptors (Lipinski definition) is 5. The third-order valence-corrected chi connectivity index (χ3v) is 1.63. The summed E-state index contributed by atoms with van der Waals surface area (Å²) < 4.78 is 5.00. The molecule has 7 heteroatoms. The summed E-state index contributed by atoms with van der Waals surface area (Å²) in [4.78, 5) is 0. The van der Waals surface area contributed by atoms with E-state index in [9.17, 15) is 5.02 Å². The minimum atomic E-state index is -1.06. The molecular weight excluding hydrogens is 183 g/mol. The SMILES string of the molecule is OB(Oc1nnn[nH]1)c1ccccc1. The van der Waals surface area contributed by atoms with Crippen LogP contribution in [0.4, 0.5) is 0 Å². The minimum absolute atomic E-state index is 0.0846. The van der Waals surface area contributed by atoms with Crippen LogP contribution in [0.1, 0.15) is 0 Å². The number of aromatic nitrogens is 4. The molecule has 0 saturated heterocycles. The van der Waals surface area contributed by atoms with E-state index < -0.39 is 7.12 Å². The first kappa shape index (κ1) is 8.70. The van der Waals surface area contributed by atoms with E-state index in [1.165, 1.54) is 0 Å². The Hall–Kier alpha value is -1.89. The van der Waals surface area contributed by atoms with E-state index in [0.29, 0.717) is 5.46 Å². The van der Waals surface area contributed by atoms with Crippen LogP contribution in [-0.4, -0.2) is 32.8 Å². The molecule has 2 N–H and O–H groups in total. The van der Waals surface area contributed by atoms with Crippen molar-refractivity contribution in [3.8, 4) is 6.01 Å². The van der Waals surface area contributed by atoms with Crippen molar-refractivity contribution in [3.05, 3.63) is 30.3 Å². The van der Waals surface area contributed by atoms with Crippen LogP contribution in [0.5, 0.6) is 6.01 Å². The van der Waals surface area contributed by atoms with Gasteiger partial charge in [-0.25, -0.2) is 5.10 Å². The van der Waals surface area contributed by atoms with Crippen molar-refractivity contribution < 1.29 is 9.68 Å². The molecule has 0 aliphatic carbocycles. The van der Waals surface area contributed by atoms with Crippen LogP contribution in [0, 0.1) is 0 Å². The minimum Gasteiger partial charge on any atom is -0.503 e. The first-order chi connectivity index (χ1) is 6.86. The number of nitrogens with zero attached hydrogens (tertiary/aromatic N) is 3. The van der Waals surface area contributed by atoms with Gasteiger partial charge in [-0.2, -0.15) is 0 Å². The Bertz CT molecular complexity index is 380. The van der Waals surface area contributed by atoms with Gasteiger partial charge in [0.1, 0.15) is 0 Å². The van der Waals surface area contributed by atoms with Gasteiger partial charge >= 0.3 is 13.1 Å². The molecule has 0 aliphatic rings. The fourth-order valence-electron chi connectivity index (χ4n) is 0.992. The lowest BCUT2D eigenvalue weighted by Gasteiger charge is -2.04. The molecule has 0 bridgehead atoms. The van der Waals surface area contributed by atoms with Gasteiger partial charge < -0.3 is 9.68 Å². The first-order valence-corrected chi connectivity index (χ1v) is 3.99. The molecule has 0 radical (unpaired) electrons. The smallest absolute Gasteiger partial charge is 0.503 e. The lowest BCUT2D eigenvalue weighted by molar-refractivity contribution is 0.411. The molecule has 14 heavy (non-hydrogen) atoms. The number of rotatable bonds is 3. The van der Waals surface area contributed by atoms with Gasteiger partial charge in [0.15, 0.2) is 0 Å². The quantitative estimate of drug-likeness (QED) is 0.604. The number of tetrazole rings is 1. The summed E-state index contributed by atoms with van der Waals surface area (Å²) in [6.07, 6.45) is 0. The van der Waals surface area contributed by atoms with E-state index in [1.807, 2.05) is 6.07 Å². The van der Waals surface area contributed by atoms with Crippen LogP contribution >= 0.6 is 0 Å². The molecule has 0 fully saturated rings. The highest BCUT2D eigenvalue weighted by molar-refractivity contribution is 6.60. The Labute approximate surface area is 80.1 Å². The van der Waals surface area contributed by atoms with Crippen LogP contribution in [-0.2, 0) is 0 Å². The Morgan fingerprint density at radius 2 is 2.07 bits per heavy atom. The Balaban J connectivity index is 2.07. The average Bonchev–Trinajstić information content (AvgIpc) is 2.72. The summed E-state index contributed by atoms with van der Waals surface area (Å²) in [5, 5.41) is 22.0. The second-order valence-electron chi connectivity index (χ2n) is 2.59. The van der Waals surface area contributed by atoms with E-state index in [2.05, 4.69) is 20.6 Å². The molecule has 0 saturated carbocycles. The summed E-state index contributed by atoms with van der Waals surface area (Å²) in [5.74, 6) is 0. The molecule has 1 aromatic heterocycles. The number of H-pyrrole nitrogens is 1. The average molecular weight is 190 g/mol.